The number of hydrogen-bond donors (Lipinski definition) is 3. The molecule has 0 unspecified atom stereocenters. The van der Waals surface area contributed by atoms with Gasteiger partial charge in [0.15, 0.2) is 0 Å². The molecule has 3 heterocycles. The van der Waals surface area contributed by atoms with Crippen LogP contribution in [-0.4, -0.2) is 39.2 Å². The highest BCUT2D eigenvalue weighted by Gasteiger charge is 2.35. The van der Waals surface area contributed by atoms with Crippen LogP contribution in [0.3, 0.4) is 0 Å². The normalized spacial score (nSPS) is 18.9. The number of piperidine rings is 1. The predicted octanol–water partition coefficient (Wildman–Crippen LogP) is 4.50. The summed E-state index contributed by atoms with van der Waals surface area (Å²) in [4.78, 5) is 15.3. The fourth-order valence-electron chi connectivity index (χ4n) is 4.54. The van der Waals surface area contributed by atoms with Crippen molar-refractivity contribution in [1.29, 1.82) is 0 Å². The summed E-state index contributed by atoms with van der Waals surface area (Å²) in [5, 5.41) is 19.0. The fourth-order valence-corrected chi connectivity index (χ4v) is 5.75. The van der Waals surface area contributed by atoms with Gasteiger partial charge < -0.3 is 15.7 Å². The van der Waals surface area contributed by atoms with Gasteiger partial charge in [-0.15, -0.1) is 11.3 Å². The highest BCUT2D eigenvalue weighted by atomic mass is 32.1. The smallest absolute Gasteiger partial charge is 0.223 e. The summed E-state index contributed by atoms with van der Waals surface area (Å²) in [7, 11) is 0. The van der Waals surface area contributed by atoms with Crippen molar-refractivity contribution in [2.75, 3.05) is 18.4 Å². The first-order valence-corrected chi connectivity index (χ1v) is 12.0. The van der Waals surface area contributed by atoms with Crippen molar-refractivity contribution >= 4 is 17.3 Å². The molecule has 0 spiro atoms. The Balaban J connectivity index is 1.56. The van der Waals surface area contributed by atoms with Crippen LogP contribution in [-0.2, 0) is 5.60 Å². The summed E-state index contributed by atoms with van der Waals surface area (Å²) in [6.07, 6.45) is 8.04. The van der Waals surface area contributed by atoms with E-state index in [9.17, 15) is 5.11 Å². The fraction of sp³-hybridized carbons (Fsp3) is 0.458. The van der Waals surface area contributed by atoms with Crippen molar-refractivity contribution in [3.05, 3.63) is 47.1 Å². The third-order valence-electron chi connectivity index (χ3n) is 6.32. The van der Waals surface area contributed by atoms with Crippen molar-refractivity contribution < 1.29 is 5.11 Å². The summed E-state index contributed by atoms with van der Waals surface area (Å²) in [5.41, 5.74) is 3.10. The number of nitrogens with zero attached hydrogens (tertiary/aromatic N) is 3. The van der Waals surface area contributed by atoms with E-state index in [4.69, 9.17) is 9.97 Å². The van der Waals surface area contributed by atoms with Gasteiger partial charge in [-0.3, -0.25) is 0 Å². The van der Waals surface area contributed by atoms with E-state index in [0.717, 1.165) is 39.9 Å². The van der Waals surface area contributed by atoms with Crippen LogP contribution in [0.4, 0.5) is 5.95 Å². The van der Waals surface area contributed by atoms with Gasteiger partial charge in [0.05, 0.1) is 16.3 Å². The molecule has 6 nitrogen and oxygen atoms in total. The van der Waals surface area contributed by atoms with Gasteiger partial charge in [-0.05, 0) is 57.8 Å². The van der Waals surface area contributed by atoms with Crippen LogP contribution >= 0.6 is 11.3 Å². The largest absolute Gasteiger partial charge is 0.383 e. The minimum absolute atomic E-state index is 0.457. The quantitative estimate of drug-likeness (QED) is 0.547. The Kier molecular flexibility index (Phi) is 5.73. The molecule has 5 rings (SSSR count). The van der Waals surface area contributed by atoms with Crippen molar-refractivity contribution in [3.63, 3.8) is 0 Å². The molecule has 31 heavy (non-hydrogen) atoms. The number of benzene rings is 1. The van der Waals surface area contributed by atoms with E-state index >= 15 is 0 Å². The SMILES string of the molecule is Cc1cccc(-c2nc(C3(O)CCNCC3)sc2-c2ccnc(NC3CCCC3)n2)c1. The Morgan fingerprint density at radius 3 is 2.71 bits per heavy atom. The molecule has 1 aromatic carbocycles. The van der Waals surface area contributed by atoms with Crippen LogP contribution in [0.15, 0.2) is 36.5 Å². The summed E-state index contributed by atoms with van der Waals surface area (Å²) in [5.74, 6) is 0.676. The number of anilines is 1. The van der Waals surface area contributed by atoms with Gasteiger partial charge in [0.25, 0.3) is 0 Å². The molecule has 0 radical (unpaired) electrons. The van der Waals surface area contributed by atoms with E-state index in [2.05, 4.69) is 46.8 Å². The highest BCUT2D eigenvalue weighted by Crippen LogP contribution is 2.42. The number of rotatable bonds is 5. The minimum atomic E-state index is -0.884. The second-order valence-electron chi connectivity index (χ2n) is 8.74. The zero-order chi connectivity index (χ0) is 21.3. The molecule has 1 saturated heterocycles. The molecule has 7 heteroatoms. The summed E-state index contributed by atoms with van der Waals surface area (Å²) < 4.78 is 0. The van der Waals surface area contributed by atoms with Gasteiger partial charge in [-0.1, -0.05) is 36.6 Å². The molecule has 0 amide bonds. The molecule has 1 aliphatic carbocycles. The molecule has 2 fully saturated rings. The van der Waals surface area contributed by atoms with Crippen molar-refractivity contribution in [2.45, 2.75) is 57.1 Å². The highest BCUT2D eigenvalue weighted by molar-refractivity contribution is 7.15. The van der Waals surface area contributed by atoms with Crippen LogP contribution in [0.25, 0.3) is 21.8 Å². The van der Waals surface area contributed by atoms with Gasteiger partial charge in [0, 0.05) is 17.8 Å². The lowest BCUT2D eigenvalue weighted by Gasteiger charge is -2.30. The van der Waals surface area contributed by atoms with Crippen LogP contribution in [0, 0.1) is 6.92 Å². The minimum Gasteiger partial charge on any atom is -0.383 e. The van der Waals surface area contributed by atoms with E-state index in [0.29, 0.717) is 24.8 Å². The van der Waals surface area contributed by atoms with Crippen LogP contribution in [0.1, 0.15) is 49.1 Å². The average molecular weight is 436 g/mol. The molecular formula is C24H29N5OS. The summed E-state index contributed by atoms with van der Waals surface area (Å²) >= 11 is 1.56. The number of hydrogen-bond acceptors (Lipinski definition) is 7. The van der Waals surface area contributed by atoms with E-state index in [1.807, 2.05) is 12.3 Å². The monoisotopic (exact) mass is 435 g/mol. The molecule has 1 saturated carbocycles. The van der Waals surface area contributed by atoms with E-state index in [1.165, 1.54) is 31.2 Å². The second-order valence-corrected chi connectivity index (χ2v) is 9.74. The van der Waals surface area contributed by atoms with Gasteiger partial charge in [-0.2, -0.15) is 0 Å². The number of aromatic nitrogens is 3. The lowest BCUT2D eigenvalue weighted by molar-refractivity contribution is 0.00582. The molecule has 2 aromatic heterocycles. The Labute approximate surface area is 187 Å². The molecule has 1 aliphatic heterocycles. The summed E-state index contributed by atoms with van der Waals surface area (Å²) in [6, 6.07) is 10.8. The Morgan fingerprint density at radius 1 is 1.13 bits per heavy atom. The van der Waals surface area contributed by atoms with Crippen molar-refractivity contribution in [3.8, 4) is 21.8 Å². The topological polar surface area (TPSA) is 83.0 Å². The molecule has 2 aliphatic rings. The lowest BCUT2D eigenvalue weighted by Crippen LogP contribution is -2.39. The maximum atomic E-state index is 11.3. The second kappa shape index (κ2) is 8.65. The van der Waals surface area contributed by atoms with Crippen LogP contribution < -0.4 is 10.6 Å². The van der Waals surface area contributed by atoms with Crippen LogP contribution in [0.5, 0.6) is 0 Å². The number of nitrogens with one attached hydrogen (secondary N) is 2. The van der Waals surface area contributed by atoms with Crippen LogP contribution in [0.2, 0.25) is 0 Å². The molecular weight excluding hydrogens is 406 g/mol. The summed E-state index contributed by atoms with van der Waals surface area (Å²) in [6.45, 7) is 3.69. The average Bonchev–Trinajstić information content (AvgIpc) is 3.45. The molecule has 162 valence electrons. The Hall–Kier alpha value is -2.35. The first kappa shape index (κ1) is 20.5. The maximum Gasteiger partial charge on any atom is 0.223 e. The van der Waals surface area contributed by atoms with Gasteiger partial charge in [0.2, 0.25) is 5.95 Å². The van der Waals surface area contributed by atoms with Crippen molar-refractivity contribution in [1.82, 2.24) is 20.3 Å². The zero-order valence-electron chi connectivity index (χ0n) is 17.9. The Bertz CT molecular complexity index is 1050. The third kappa shape index (κ3) is 4.35. The lowest BCUT2D eigenvalue weighted by atomic mass is 9.93. The number of aryl methyl sites for hydroxylation is 1. The standard InChI is InChI=1S/C24H29N5OS/c1-16-5-4-6-17(15-16)20-21(31-22(29-20)24(30)10-13-25-14-11-24)19-9-12-26-23(28-19)27-18-7-2-3-8-18/h4-6,9,12,15,18,25,30H,2-3,7-8,10-11,13-14H2,1H3,(H,26,27,28). The third-order valence-corrected chi connectivity index (χ3v) is 7.60. The van der Waals surface area contributed by atoms with E-state index in [1.54, 1.807) is 11.3 Å². The maximum absolute atomic E-state index is 11.3. The predicted molar refractivity (Wildman–Crippen MR) is 125 cm³/mol. The van der Waals surface area contributed by atoms with E-state index < -0.39 is 5.60 Å². The number of aliphatic hydroxyl groups is 1. The van der Waals surface area contributed by atoms with Gasteiger partial charge in [0.1, 0.15) is 10.6 Å². The van der Waals surface area contributed by atoms with Gasteiger partial charge >= 0.3 is 0 Å². The van der Waals surface area contributed by atoms with Crippen molar-refractivity contribution in [2.24, 2.45) is 0 Å². The molecule has 0 bridgehead atoms. The van der Waals surface area contributed by atoms with Gasteiger partial charge in [-0.25, -0.2) is 15.0 Å². The Morgan fingerprint density at radius 2 is 1.94 bits per heavy atom. The number of thiazole rings is 1. The first-order valence-electron chi connectivity index (χ1n) is 11.2. The zero-order valence-corrected chi connectivity index (χ0v) is 18.7. The molecule has 0 atom stereocenters. The van der Waals surface area contributed by atoms with E-state index in [-0.39, 0.29) is 0 Å². The molecule has 3 aromatic rings. The first-order chi connectivity index (χ1) is 15.1. The molecule has 3 N–H and O–H groups in total.